The van der Waals surface area contributed by atoms with Gasteiger partial charge in [-0.25, -0.2) is 9.97 Å². The standard InChI is InChI=1S/C13H20N4/c1-3-13-10-16(6-2-8-17(13)7-1)9-12-4-5-14-11-15-12/h4-5,11,13H,1-3,6-10H2. The Labute approximate surface area is 103 Å². The fraction of sp³-hybridized carbons (Fsp3) is 0.692. The Kier molecular flexibility index (Phi) is 3.34. The Morgan fingerprint density at radius 2 is 2.18 bits per heavy atom. The third-order valence-electron chi connectivity index (χ3n) is 3.92. The van der Waals surface area contributed by atoms with Crippen LogP contribution in [-0.4, -0.2) is 52.0 Å². The van der Waals surface area contributed by atoms with Crippen molar-refractivity contribution >= 4 is 0 Å². The van der Waals surface area contributed by atoms with Crippen molar-refractivity contribution < 1.29 is 0 Å². The second-order valence-electron chi connectivity index (χ2n) is 5.12. The number of hydrogen-bond donors (Lipinski definition) is 0. The van der Waals surface area contributed by atoms with E-state index >= 15 is 0 Å². The van der Waals surface area contributed by atoms with Gasteiger partial charge < -0.3 is 0 Å². The fourth-order valence-corrected chi connectivity index (χ4v) is 3.07. The third-order valence-corrected chi connectivity index (χ3v) is 3.92. The van der Waals surface area contributed by atoms with Gasteiger partial charge in [-0.05, 0) is 45.0 Å². The van der Waals surface area contributed by atoms with E-state index < -0.39 is 0 Å². The van der Waals surface area contributed by atoms with E-state index in [9.17, 15) is 0 Å². The summed E-state index contributed by atoms with van der Waals surface area (Å²) in [5, 5.41) is 0. The number of aromatic nitrogens is 2. The van der Waals surface area contributed by atoms with E-state index in [2.05, 4.69) is 19.8 Å². The summed E-state index contributed by atoms with van der Waals surface area (Å²) < 4.78 is 0. The number of hydrogen-bond acceptors (Lipinski definition) is 4. The van der Waals surface area contributed by atoms with Crippen molar-refractivity contribution in [2.45, 2.75) is 31.8 Å². The maximum atomic E-state index is 4.32. The second kappa shape index (κ2) is 5.10. The second-order valence-corrected chi connectivity index (χ2v) is 5.12. The van der Waals surface area contributed by atoms with Gasteiger partial charge in [0, 0.05) is 25.3 Å². The molecule has 0 aromatic carbocycles. The molecule has 4 heteroatoms. The van der Waals surface area contributed by atoms with Gasteiger partial charge in [0.25, 0.3) is 0 Å². The smallest absolute Gasteiger partial charge is 0.115 e. The van der Waals surface area contributed by atoms with Crippen molar-refractivity contribution in [3.05, 3.63) is 24.3 Å². The molecule has 1 aromatic rings. The monoisotopic (exact) mass is 232 g/mol. The van der Waals surface area contributed by atoms with E-state index in [0.717, 1.165) is 18.3 Å². The van der Waals surface area contributed by atoms with Gasteiger partial charge in [0.1, 0.15) is 6.33 Å². The Morgan fingerprint density at radius 1 is 1.24 bits per heavy atom. The van der Waals surface area contributed by atoms with Crippen LogP contribution in [0.3, 0.4) is 0 Å². The zero-order valence-corrected chi connectivity index (χ0v) is 10.3. The summed E-state index contributed by atoms with van der Waals surface area (Å²) >= 11 is 0. The quantitative estimate of drug-likeness (QED) is 0.765. The fourth-order valence-electron chi connectivity index (χ4n) is 3.07. The summed E-state index contributed by atoms with van der Waals surface area (Å²) in [4.78, 5) is 13.5. The highest BCUT2D eigenvalue weighted by atomic mass is 15.3. The van der Waals surface area contributed by atoms with Crippen LogP contribution in [0.2, 0.25) is 0 Å². The minimum atomic E-state index is 0.791. The molecule has 1 atom stereocenters. The van der Waals surface area contributed by atoms with Gasteiger partial charge in [0.2, 0.25) is 0 Å². The molecule has 0 radical (unpaired) electrons. The van der Waals surface area contributed by atoms with Crippen LogP contribution in [0.1, 0.15) is 25.0 Å². The van der Waals surface area contributed by atoms with Crippen molar-refractivity contribution in [1.82, 2.24) is 19.8 Å². The summed E-state index contributed by atoms with van der Waals surface area (Å²) in [6.07, 6.45) is 7.53. The molecule has 1 aromatic heterocycles. The highest BCUT2D eigenvalue weighted by Gasteiger charge is 2.28. The van der Waals surface area contributed by atoms with Crippen LogP contribution in [0, 0.1) is 0 Å². The first-order valence-electron chi connectivity index (χ1n) is 6.63. The predicted molar refractivity (Wildman–Crippen MR) is 66.5 cm³/mol. The lowest BCUT2D eigenvalue weighted by atomic mass is 10.2. The Hall–Kier alpha value is -1.00. The number of nitrogens with zero attached hydrogens (tertiary/aromatic N) is 4. The van der Waals surface area contributed by atoms with E-state index in [-0.39, 0.29) is 0 Å². The van der Waals surface area contributed by atoms with Crippen molar-refractivity contribution in [2.24, 2.45) is 0 Å². The molecule has 0 amide bonds. The minimum Gasteiger partial charge on any atom is -0.299 e. The first-order chi connectivity index (χ1) is 8.42. The summed E-state index contributed by atoms with van der Waals surface area (Å²) in [6, 6.07) is 2.82. The number of fused-ring (bicyclic) bond motifs is 1. The maximum absolute atomic E-state index is 4.32. The van der Waals surface area contributed by atoms with Gasteiger partial charge in [-0.3, -0.25) is 9.80 Å². The molecule has 0 spiro atoms. The Balaban J connectivity index is 1.63. The van der Waals surface area contributed by atoms with Crippen LogP contribution in [0.5, 0.6) is 0 Å². The molecular formula is C13H20N4. The van der Waals surface area contributed by atoms with E-state index in [4.69, 9.17) is 0 Å². The molecule has 2 aliphatic rings. The average Bonchev–Trinajstić information content (AvgIpc) is 2.70. The lowest BCUT2D eigenvalue weighted by Crippen LogP contribution is -2.36. The normalized spacial score (nSPS) is 26.7. The molecule has 3 rings (SSSR count). The molecule has 2 fully saturated rings. The van der Waals surface area contributed by atoms with E-state index in [1.165, 1.54) is 45.4 Å². The lowest BCUT2D eigenvalue weighted by molar-refractivity contribution is 0.214. The van der Waals surface area contributed by atoms with E-state index in [1.54, 1.807) is 6.33 Å². The van der Waals surface area contributed by atoms with Crippen LogP contribution in [0.4, 0.5) is 0 Å². The molecule has 92 valence electrons. The van der Waals surface area contributed by atoms with Gasteiger partial charge in [-0.1, -0.05) is 0 Å². The van der Waals surface area contributed by atoms with Crippen LogP contribution in [0.15, 0.2) is 18.6 Å². The molecule has 0 aliphatic carbocycles. The summed E-state index contributed by atoms with van der Waals surface area (Å²) in [7, 11) is 0. The first-order valence-corrected chi connectivity index (χ1v) is 6.63. The summed E-state index contributed by atoms with van der Waals surface area (Å²) in [5.41, 5.74) is 1.14. The molecule has 0 saturated carbocycles. The molecule has 4 nitrogen and oxygen atoms in total. The zero-order chi connectivity index (χ0) is 11.5. The molecule has 2 saturated heterocycles. The Bertz CT molecular complexity index is 354. The van der Waals surface area contributed by atoms with Crippen molar-refractivity contribution in [1.29, 1.82) is 0 Å². The van der Waals surface area contributed by atoms with Crippen LogP contribution in [0.25, 0.3) is 0 Å². The molecule has 17 heavy (non-hydrogen) atoms. The molecule has 0 bridgehead atoms. The molecule has 2 aliphatic heterocycles. The zero-order valence-electron chi connectivity index (χ0n) is 10.3. The van der Waals surface area contributed by atoms with Crippen molar-refractivity contribution in [2.75, 3.05) is 26.2 Å². The Morgan fingerprint density at radius 3 is 3.06 bits per heavy atom. The first kappa shape index (κ1) is 11.1. The lowest BCUT2D eigenvalue weighted by Gasteiger charge is -2.25. The maximum Gasteiger partial charge on any atom is 0.115 e. The van der Waals surface area contributed by atoms with Crippen LogP contribution >= 0.6 is 0 Å². The highest BCUT2D eigenvalue weighted by Crippen LogP contribution is 2.21. The average molecular weight is 232 g/mol. The molecule has 0 N–H and O–H groups in total. The van der Waals surface area contributed by atoms with Crippen LogP contribution < -0.4 is 0 Å². The van der Waals surface area contributed by atoms with E-state index in [0.29, 0.717) is 0 Å². The number of rotatable bonds is 2. The van der Waals surface area contributed by atoms with E-state index in [1.807, 2.05) is 12.3 Å². The van der Waals surface area contributed by atoms with Crippen molar-refractivity contribution in [3.63, 3.8) is 0 Å². The largest absolute Gasteiger partial charge is 0.299 e. The topological polar surface area (TPSA) is 32.3 Å². The summed E-state index contributed by atoms with van der Waals surface area (Å²) in [5.74, 6) is 0. The predicted octanol–water partition coefficient (Wildman–Crippen LogP) is 1.15. The minimum absolute atomic E-state index is 0.791. The molecular weight excluding hydrogens is 212 g/mol. The van der Waals surface area contributed by atoms with Gasteiger partial charge in [0.05, 0.1) is 5.69 Å². The SMILES string of the molecule is c1cc(CN2CCCN3CCCC3C2)ncn1. The third kappa shape index (κ3) is 2.64. The molecule has 1 unspecified atom stereocenters. The molecule has 3 heterocycles. The van der Waals surface area contributed by atoms with Gasteiger partial charge >= 0.3 is 0 Å². The van der Waals surface area contributed by atoms with Gasteiger partial charge in [0.15, 0.2) is 0 Å². The van der Waals surface area contributed by atoms with Crippen molar-refractivity contribution in [3.8, 4) is 0 Å². The summed E-state index contributed by atoms with van der Waals surface area (Å²) in [6.45, 7) is 5.99. The highest BCUT2D eigenvalue weighted by molar-refractivity contribution is 4.98. The van der Waals surface area contributed by atoms with Gasteiger partial charge in [-0.15, -0.1) is 0 Å². The van der Waals surface area contributed by atoms with Crippen LogP contribution in [-0.2, 0) is 6.54 Å². The van der Waals surface area contributed by atoms with Gasteiger partial charge in [-0.2, -0.15) is 0 Å².